The molecule has 0 aliphatic carbocycles. The summed E-state index contributed by atoms with van der Waals surface area (Å²) in [5, 5.41) is 6.76. The van der Waals surface area contributed by atoms with Crippen molar-refractivity contribution in [3.05, 3.63) is 30.3 Å². The smallest absolute Gasteiger partial charge is 0.238 e. The van der Waals surface area contributed by atoms with E-state index >= 15 is 0 Å². The van der Waals surface area contributed by atoms with Crippen LogP contribution in [0.15, 0.2) is 28.9 Å². The summed E-state index contributed by atoms with van der Waals surface area (Å²) < 4.78 is 18.2. The molecule has 0 unspecified atom stereocenters. The maximum atomic E-state index is 12.2. The van der Waals surface area contributed by atoms with E-state index in [0.29, 0.717) is 13.1 Å². The highest BCUT2D eigenvalue weighted by Gasteiger charge is 2.37. The van der Waals surface area contributed by atoms with E-state index in [1.807, 2.05) is 12.1 Å². The third-order valence-corrected chi connectivity index (χ3v) is 4.60. The topological polar surface area (TPSA) is 70.4 Å². The van der Waals surface area contributed by atoms with Gasteiger partial charge in [0.25, 0.3) is 0 Å². The van der Waals surface area contributed by atoms with Gasteiger partial charge in [0, 0.05) is 44.0 Å². The molecule has 0 saturated carbocycles. The van der Waals surface area contributed by atoms with Crippen LogP contribution in [-0.4, -0.2) is 54.7 Å². The Kier molecular flexibility index (Phi) is 4.82. The molecule has 2 aromatic heterocycles. The number of alkyl halides is 1. The van der Waals surface area contributed by atoms with Crippen LogP contribution in [0.4, 0.5) is 4.39 Å². The number of pyridine rings is 1. The van der Waals surface area contributed by atoms with Gasteiger partial charge in [-0.15, -0.1) is 0 Å². The van der Waals surface area contributed by atoms with Crippen LogP contribution in [0, 0.1) is 0 Å². The molecule has 3 rings (SSSR count). The van der Waals surface area contributed by atoms with Crippen molar-refractivity contribution in [1.29, 1.82) is 0 Å². The summed E-state index contributed by atoms with van der Waals surface area (Å²) in [7, 11) is 0. The zero-order valence-corrected chi connectivity index (χ0v) is 14.0. The van der Waals surface area contributed by atoms with E-state index in [2.05, 4.69) is 34.4 Å². The number of carbonyl (C=O) groups is 1. The predicted octanol–water partition coefficient (Wildman–Crippen LogP) is 1.42. The summed E-state index contributed by atoms with van der Waals surface area (Å²) in [5.74, 6) is 0.678. The quantitative estimate of drug-likeness (QED) is 0.865. The molecule has 0 radical (unpaired) electrons. The first-order valence-corrected chi connectivity index (χ1v) is 8.18. The minimum Gasteiger partial charge on any atom is -0.459 e. The van der Waals surface area contributed by atoms with Gasteiger partial charge in [0.05, 0.1) is 11.6 Å². The maximum absolute atomic E-state index is 12.2. The number of rotatable bonds is 5. The molecule has 2 aromatic rings. The monoisotopic (exact) mass is 334 g/mol. The standard InChI is InChI=1S/C17H23FN4O2/c1-17(2,15-9-12-10-19-5-3-14(12)24-15)22-8-7-20-13(11-22)16(23)21-6-4-18/h3,5,9-10,13,20H,4,6-8,11H2,1-2H3,(H,21,23)/t13-/m0/s1. The molecule has 1 atom stereocenters. The maximum Gasteiger partial charge on any atom is 0.238 e. The second-order valence-corrected chi connectivity index (χ2v) is 6.52. The van der Waals surface area contributed by atoms with Crippen LogP contribution in [0.5, 0.6) is 0 Å². The SMILES string of the molecule is CC(C)(c1cc2cnccc2o1)N1CCN[C@H](C(=O)NCCF)C1. The van der Waals surface area contributed by atoms with Crippen molar-refractivity contribution in [3.8, 4) is 0 Å². The van der Waals surface area contributed by atoms with Crippen molar-refractivity contribution in [2.24, 2.45) is 0 Å². The number of nitrogens with zero attached hydrogens (tertiary/aromatic N) is 2. The second-order valence-electron chi connectivity index (χ2n) is 6.52. The van der Waals surface area contributed by atoms with Crippen LogP contribution in [0.25, 0.3) is 11.0 Å². The zero-order valence-electron chi connectivity index (χ0n) is 14.0. The number of halogens is 1. The van der Waals surface area contributed by atoms with E-state index in [1.54, 1.807) is 12.4 Å². The molecular weight excluding hydrogens is 311 g/mol. The lowest BCUT2D eigenvalue weighted by molar-refractivity contribution is -0.125. The largest absolute Gasteiger partial charge is 0.459 e. The third-order valence-electron chi connectivity index (χ3n) is 4.60. The summed E-state index contributed by atoms with van der Waals surface area (Å²) in [6.45, 7) is 5.70. The molecule has 1 fully saturated rings. The highest BCUT2D eigenvalue weighted by molar-refractivity contribution is 5.82. The molecule has 1 aliphatic rings. The average Bonchev–Trinajstić information content (AvgIpc) is 3.04. The molecule has 0 aromatic carbocycles. The van der Waals surface area contributed by atoms with Crippen LogP contribution in [0.3, 0.4) is 0 Å². The van der Waals surface area contributed by atoms with Gasteiger partial charge in [-0.3, -0.25) is 14.7 Å². The summed E-state index contributed by atoms with van der Waals surface area (Å²) in [6, 6.07) is 3.50. The Balaban J connectivity index is 1.77. The molecule has 130 valence electrons. The van der Waals surface area contributed by atoms with E-state index < -0.39 is 6.67 Å². The number of furan rings is 1. The molecule has 1 amide bonds. The first-order valence-electron chi connectivity index (χ1n) is 8.18. The van der Waals surface area contributed by atoms with Crippen LogP contribution in [-0.2, 0) is 10.3 Å². The van der Waals surface area contributed by atoms with E-state index in [-0.39, 0.29) is 24.0 Å². The van der Waals surface area contributed by atoms with E-state index in [1.165, 1.54) is 0 Å². The van der Waals surface area contributed by atoms with Crippen molar-refractivity contribution < 1.29 is 13.6 Å². The van der Waals surface area contributed by atoms with Crippen molar-refractivity contribution in [2.75, 3.05) is 32.9 Å². The highest BCUT2D eigenvalue weighted by Crippen LogP contribution is 2.32. The first kappa shape index (κ1) is 16.9. The van der Waals surface area contributed by atoms with Crippen molar-refractivity contribution in [3.63, 3.8) is 0 Å². The van der Waals surface area contributed by atoms with E-state index in [0.717, 1.165) is 23.3 Å². The number of piperazine rings is 1. The predicted molar refractivity (Wildman–Crippen MR) is 89.4 cm³/mol. The third kappa shape index (κ3) is 3.27. The normalized spacial score (nSPS) is 19.5. The Hall–Kier alpha value is -1.99. The summed E-state index contributed by atoms with van der Waals surface area (Å²) in [4.78, 5) is 18.4. The van der Waals surface area contributed by atoms with Crippen molar-refractivity contribution >= 4 is 16.9 Å². The number of hydrogen-bond donors (Lipinski definition) is 2. The van der Waals surface area contributed by atoms with Gasteiger partial charge in [-0.2, -0.15) is 0 Å². The molecule has 3 heterocycles. The summed E-state index contributed by atoms with van der Waals surface area (Å²) in [6.07, 6.45) is 3.49. The minimum absolute atomic E-state index is 0.0526. The second kappa shape index (κ2) is 6.86. The van der Waals surface area contributed by atoms with E-state index in [9.17, 15) is 9.18 Å². The molecule has 1 saturated heterocycles. The number of amides is 1. The van der Waals surface area contributed by atoms with Crippen molar-refractivity contribution in [1.82, 2.24) is 20.5 Å². The Morgan fingerprint density at radius 1 is 1.58 bits per heavy atom. The van der Waals surface area contributed by atoms with E-state index in [4.69, 9.17) is 4.42 Å². The molecule has 2 N–H and O–H groups in total. The minimum atomic E-state index is -0.555. The fourth-order valence-electron chi connectivity index (χ4n) is 3.07. The molecule has 7 heteroatoms. The Bertz CT molecular complexity index is 682. The fraction of sp³-hybridized carbons (Fsp3) is 0.529. The Morgan fingerprint density at radius 2 is 2.42 bits per heavy atom. The van der Waals surface area contributed by atoms with Gasteiger partial charge >= 0.3 is 0 Å². The lowest BCUT2D eigenvalue weighted by atomic mass is 9.96. The molecule has 24 heavy (non-hydrogen) atoms. The Morgan fingerprint density at radius 3 is 3.17 bits per heavy atom. The highest BCUT2D eigenvalue weighted by atomic mass is 19.1. The Labute approximate surface area is 140 Å². The van der Waals surface area contributed by atoms with Gasteiger partial charge in [0.2, 0.25) is 5.91 Å². The number of nitrogens with one attached hydrogen (secondary N) is 2. The van der Waals surface area contributed by atoms with Gasteiger partial charge in [0.1, 0.15) is 18.0 Å². The number of carbonyl (C=O) groups excluding carboxylic acids is 1. The molecule has 1 aliphatic heterocycles. The number of fused-ring (bicyclic) bond motifs is 1. The number of hydrogen-bond acceptors (Lipinski definition) is 5. The molecular formula is C17H23FN4O2. The summed E-state index contributed by atoms with van der Waals surface area (Å²) in [5.41, 5.74) is 0.445. The van der Waals surface area contributed by atoms with Crippen LogP contribution in [0.1, 0.15) is 19.6 Å². The average molecular weight is 334 g/mol. The lowest BCUT2D eigenvalue weighted by Gasteiger charge is -2.42. The van der Waals surface area contributed by atoms with Gasteiger partial charge < -0.3 is 15.1 Å². The lowest BCUT2D eigenvalue weighted by Crippen LogP contribution is -2.60. The van der Waals surface area contributed by atoms with Crippen LogP contribution in [0.2, 0.25) is 0 Å². The fourth-order valence-corrected chi connectivity index (χ4v) is 3.07. The number of aromatic nitrogens is 1. The zero-order chi connectivity index (χ0) is 17.2. The van der Waals surface area contributed by atoms with Crippen molar-refractivity contribution in [2.45, 2.75) is 25.4 Å². The summed E-state index contributed by atoms with van der Waals surface area (Å²) >= 11 is 0. The first-order chi connectivity index (χ1) is 11.5. The van der Waals surface area contributed by atoms with Crippen LogP contribution < -0.4 is 10.6 Å². The molecule has 0 spiro atoms. The molecule has 0 bridgehead atoms. The van der Waals surface area contributed by atoms with Gasteiger partial charge in [-0.25, -0.2) is 4.39 Å². The van der Waals surface area contributed by atoms with Crippen LogP contribution >= 0.6 is 0 Å². The van der Waals surface area contributed by atoms with Gasteiger partial charge in [-0.05, 0) is 26.0 Å². The molecule has 6 nitrogen and oxygen atoms in total. The van der Waals surface area contributed by atoms with Gasteiger partial charge in [0.15, 0.2) is 0 Å². The van der Waals surface area contributed by atoms with Gasteiger partial charge in [-0.1, -0.05) is 0 Å².